The van der Waals surface area contributed by atoms with Crippen LogP contribution in [0.15, 0.2) is 0 Å². The van der Waals surface area contributed by atoms with Crippen molar-refractivity contribution in [3.63, 3.8) is 0 Å². The van der Waals surface area contributed by atoms with Crippen molar-refractivity contribution in [2.24, 2.45) is 11.8 Å². The van der Waals surface area contributed by atoms with E-state index in [2.05, 4.69) is 18.7 Å². The van der Waals surface area contributed by atoms with Crippen LogP contribution in [0.4, 0.5) is 0 Å². The van der Waals surface area contributed by atoms with E-state index in [9.17, 15) is 4.79 Å². The maximum atomic E-state index is 11.6. The molecule has 15 heavy (non-hydrogen) atoms. The van der Waals surface area contributed by atoms with E-state index >= 15 is 0 Å². The van der Waals surface area contributed by atoms with Gasteiger partial charge in [-0.15, -0.1) is 0 Å². The second-order valence-electron chi connectivity index (χ2n) is 4.91. The monoisotopic (exact) mass is 217 g/mol. The highest BCUT2D eigenvalue weighted by Gasteiger charge is 2.26. The van der Waals surface area contributed by atoms with Crippen molar-refractivity contribution >= 4 is 5.97 Å². The highest BCUT2D eigenvalue weighted by molar-refractivity contribution is 5.75. The molecule has 0 unspecified atom stereocenters. The third-order valence-electron chi connectivity index (χ3n) is 2.15. The molecular formula is C11H23NO3. The van der Waals surface area contributed by atoms with E-state index in [0.717, 1.165) is 6.42 Å². The van der Waals surface area contributed by atoms with Crippen LogP contribution in [0.1, 0.15) is 47.5 Å². The summed E-state index contributed by atoms with van der Waals surface area (Å²) in [5.41, 5.74) is -0.497. The third-order valence-corrected chi connectivity index (χ3v) is 2.15. The summed E-state index contributed by atoms with van der Waals surface area (Å²) in [5.74, 6) is 5.11. The van der Waals surface area contributed by atoms with Crippen LogP contribution in [0.3, 0.4) is 0 Å². The Morgan fingerprint density at radius 1 is 1.40 bits per heavy atom. The van der Waals surface area contributed by atoms with Gasteiger partial charge < -0.3 is 4.74 Å². The lowest BCUT2D eigenvalue weighted by Crippen LogP contribution is -2.36. The van der Waals surface area contributed by atoms with Gasteiger partial charge in [-0.05, 0) is 33.1 Å². The summed E-state index contributed by atoms with van der Waals surface area (Å²) in [6.45, 7) is 9.58. The maximum Gasteiger partial charge on any atom is 0.337 e. The SMILES string of the molecule is CC[C@H](C)C[C@@H](ON)C(=O)OC(C)(C)C. The van der Waals surface area contributed by atoms with Gasteiger partial charge in [0.1, 0.15) is 5.60 Å². The number of carbonyl (C=O) groups excluding carboxylic acids is 1. The van der Waals surface area contributed by atoms with E-state index in [4.69, 9.17) is 10.6 Å². The minimum Gasteiger partial charge on any atom is -0.458 e. The van der Waals surface area contributed by atoms with Crippen LogP contribution in [0.2, 0.25) is 0 Å². The van der Waals surface area contributed by atoms with Gasteiger partial charge in [0.2, 0.25) is 0 Å². The first-order chi connectivity index (χ1) is 6.80. The lowest BCUT2D eigenvalue weighted by molar-refractivity contribution is -0.170. The molecule has 2 N–H and O–H groups in total. The summed E-state index contributed by atoms with van der Waals surface area (Å²) >= 11 is 0. The van der Waals surface area contributed by atoms with Gasteiger partial charge in [-0.3, -0.25) is 4.84 Å². The van der Waals surface area contributed by atoms with Crippen LogP contribution < -0.4 is 5.90 Å². The average Bonchev–Trinajstić information content (AvgIpc) is 2.10. The van der Waals surface area contributed by atoms with Crippen LogP contribution in [0, 0.1) is 5.92 Å². The summed E-state index contributed by atoms with van der Waals surface area (Å²) < 4.78 is 5.19. The molecule has 4 heteroatoms. The number of rotatable bonds is 5. The molecule has 0 bridgehead atoms. The van der Waals surface area contributed by atoms with Crippen LogP contribution in [0.25, 0.3) is 0 Å². The Bertz CT molecular complexity index is 198. The lowest BCUT2D eigenvalue weighted by atomic mass is 10.0. The van der Waals surface area contributed by atoms with Crippen molar-refractivity contribution in [3.8, 4) is 0 Å². The number of carbonyl (C=O) groups is 1. The number of nitrogens with two attached hydrogens (primary N) is 1. The molecule has 2 atom stereocenters. The van der Waals surface area contributed by atoms with E-state index in [-0.39, 0.29) is 5.97 Å². The molecule has 0 rings (SSSR count). The molecule has 0 saturated heterocycles. The second kappa shape index (κ2) is 6.08. The fourth-order valence-corrected chi connectivity index (χ4v) is 1.11. The fourth-order valence-electron chi connectivity index (χ4n) is 1.11. The smallest absolute Gasteiger partial charge is 0.337 e. The van der Waals surface area contributed by atoms with Crippen molar-refractivity contribution in [3.05, 3.63) is 0 Å². The standard InChI is InChI=1S/C11H23NO3/c1-6-8(2)7-9(15-12)10(13)14-11(3,4)5/h8-9H,6-7,12H2,1-5H3/t8-,9+/m0/s1. The minimum absolute atomic E-state index is 0.384. The zero-order valence-electron chi connectivity index (χ0n) is 10.4. The second-order valence-corrected chi connectivity index (χ2v) is 4.91. The molecule has 0 aromatic rings. The molecule has 0 heterocycles. The van der Waals surface area contributed by atoms with Crippen LogP contribution in [0.5, 0.6) is 0 Å². The zero-order chi connectivity index (χ0) is 12.1. The van der Waals surface area contributed by atoms with Gasteiger partial charge in [0.25, 0.3) is 0 Å². The Balaban J connectivity index is 4.23. The van der Waals surface area contributed by atoms with Crippen LogP contribution in [-0.2, 0) is 14.4 Å². The fraction of sp³-hybridized carbons (Fsp3) is 0.909. The number of hydrogen-bond donors (Lipinski definition) is 1. The predicted molar refractivity (Wildman–Crippen MR) is 59.0 cm³/mol. The number of esters is 1. The minimum atomic E-state index is -0.654. The number of ether oxygens (including phenoxy) is 1. The Kier molecular flexibility index (Phi) is 5.83. The van der Waals surface area contributed by atoms with Gasteiger partial charge in [-0.25, -0.2) is 10.7 Å². The molecule has 0 amide bonds. The van der Waals surface area contributed by atoms with E-state index in [1.54, 1.807) is 0 Å². The van der Waals surface area contributed by atoms with Crippen LogP contribution in [-0.4, -0.2) is 17.7 Å². The van der Waals surface area contributed by atoms with E-state index in [0.29, 0.717) is 12.3 Å². The first-order valence-electron chi connectivity index (χ1n) is 5.38. The van der Waals surface area contributed by atoms with E-state index < -0.39 is 11.7 Å². The summed E-state index contributed by atoms with van der Waals surface area (Å²) in [5, 5.41) is 0. The summed E-state index contributed by atoms with van der Waals surface area (Å²) in [4.78, 5) is 16.3. The van der Waals surface area contributed by atoms with Gasteiger partial charge in [-0.2, -0.15) is 0 Å². The Hall–Kier alpha value is -0.610. The van der Waals surface area contributed by atoms with Crippen molar-refractivity contribution < 1.29 is 14.4 Å². The average molecular weight is 217 g/mol. The Morgan fingerprint density at radius 3 is 2.27 bits per heavy atom. The van der Waals surface area contributed by atoms with Crippen molar-refractivity contribution in [1.82, 2.24) is 0 Å². The molecule has 0 spiro atoms. The molecule has 0 aliphatic rings. The van der Waals surface area contributed by atoms with Crippen molar-refractivity contribution in [2.45, 2.75) is 59.2 Å². The Labute approximate surface area is 92.1 Å². The highest BCUT2D eigenvalue weighted by atomic mass is 16.7. The molecule has 0 aromatic carbocycles. The van der Waals surface area contributed by atoms with Gasteiger partial charge >= 0.3 is 5.97 Å². The molecule has 90 valence electrons. The van der Waals surface area contributed by atoms with Crippen molar-refractivity contribution in [1.29, 1.82) is 0 Å². The molecular weight excluding hydrogens is 194 g/mol. The van der Waals surface area contributed by atoms with Gasteiger partial charge in [0.05, 0.1) is 0 Å². The molecule has 4 nitrogen and oxygen atoms in total. The van der Waals surface area contributed by atoms with E-state index in [1.807, 2.05) is 20.8 Å². The molecule has 0 fully saturated rings. The number of hydrogen-bond acceptors (Lipinski definition) is 4. The maximum absolute atomic E-state index is 11.6. The molecule has 0 radical (unpaired) electrons. The first-order valence-corrected chi connectivity index (χ1v) is 5.38. The quantitative estimate of drug-likeness (QED) is 0.565. The van der Waals surface area contributed by atoms with Gasteiger partial charge in [0.15, 0.2) is 6.10 Å². The summed E-state index contributed by atoms with van der Waals surface area (Å²) in [6, 6.07) is 0. The van der Waals surface area contributed by atoms with Gasteiger partial charge in [0, 0.05) is 0 Å². The molecule has 0 aliphatic carbocycles. The normalized spacial score (nSPS) is 15.9. The highest BCUT2D eigenvalue weighted by Crippen LogP contribution is 2.15. The van der Waals surface area contributed by atoms with Gasteiger partial charge in [-0.1, -0.05) is 20.3 Å². The third kappa shape index (κ3) is 6.47. The predicted octanol–water partition coefficient (Wildman–Crippen LogP) is 2.02. The molecule has 0 saturated carbocycles. The summed E-state index contributed by atoms with van der Waals surface area (Å²) in [6.07, 6.45) is 0.934. The largest absolute Gasteiger partial charge is 0.458 e. The lowest BCUT2D eigenvalue weighted by Gasteiger charge is -2.24. The topological polar surface area (TPSA) is 61.5 Å². The summed E-state index contributed by atoms with van der Waals surface area (Å²) in [7, 11) is 0. The molecule has 0 aromatic heterocycles. The van der Waals surface area contributed by atoms with Crippen molar-refractivity contribution in [2.75, 3.05) is 0 Å². The zero-order valence-corrected chi connectivity index (χ0v) is 10.4. The van der Waals surface area contributed by atoms with Crippen LogP contribution >= 0.6 is 0 Å². The first kappa shape index (κ1) is 14.4. The van der Waals surface area contributed by atoms with E-state index in [1.165, 1.54) is 0 Å². The molecule has 0 aliphatic heterocycles. The Morgan fingerprint density at radius 2 is 1.93 bits per heavy atom.